The summed E-state index contributed by atoms with van der Waals surface area (Å²) >= 11 is 5.61. The average Bonchev–Trinajstić information content (AvgIpc) is 2.35. The first kappa shape index (κ1) is 14.1. The molecule has 0 bridgehead atoms. The van der Waals surface area contributed by atoms with E-state index in [4.69, 9.17) is 11.6 Å². The van der Waals surface area contributed by atoms with Crippen LogP contribution in [0.2, 0.25) is 5.15 Å². The second-order valence-corrected chi connectivity index (χ2v) is 4.68. The molecule has 0 aliphatic rings. The molecule has 2 heterocycles. The van der Waals surface area contributed by atoms with Crippen LogP contribution in [0.15, 0.2) is 23.4 Å². The third kappa shape index (κ3) is 2.67. The van der Waals surface area contributed by atoms with Crippen molar-refractivity contribution in [3.05, 3.63) is 61.0 Å². The van der Waals surface area contributed by atoms with Gasteiger partial charge in [0.1, 0.15) is 5.15 Å². The molecule has 20 heavy (non-hydrogen) atoms. The van der Waals surface area contributed by atoms with Crippen molar-refractivity contribution in [2.24, 2.45) is 0 Å². The van der Waals surface area contributed by atoms with Crippen molar-refractivity contribution in [2.45, 2.75) is 20.4 Å². The summed E-state index contributed by atoms with van der Waals surface area (Å²) in [7, 11) is 0. The fourth-order valence-corrected chi connectivity index (χ4v) is 2.03. The third-order valence-electron chi connectivity index (χ3n) is 2.92. The quantitative estimate of drug-likeness (QED) is 0.489. The Morgan fingerprint density at radius 1 is 1.40 bits per heavy atom. The largest absolute Gasteiger partial charge is 0.293 e. The monoisotopic (exact) mass is 294 g/mol. The lowest BCUT2D eigenvalue weighted by Crippen LogP contribution is -2.21. The molecule has 0 aliphatic heterocycles. The van der Waals surface area contributed by atoms with Crippen molar-refractivity contribution in [1.82, 2.24) is 14.5 Å². The van der Waals surface area contributed by atoms with E-state index in [-0.39, 0.29) is 22.9 Å². The van der Waals surface area contributed by atoms with E-state index in [0.29, 0.717) is 16.8 Å². The van der Waals surface area contributed by atoms with Gasteiger partial charge in [-0.05, 0) is 13.8 Å². The number of nitro groups is 1. The molecule has 0 radical (unpaired) electrons. The Kier molecular flexibility index (Phi) is 3.80. The Hall–Kier alpha value is -2.28. The van der Waals surface area contributed by atoms with Crippen molar-refractivity contribution in [2.75, 3.05) is 0 Å². The molecule has 0 atom stereocenters. The van der Waals surface area contributed by atoms with Gasteiger partial charge in [-0.2, -0.15) is 0 Å². The molecule has 2 aromatic heterocycles. The maximum Gasteiger partial charge on any atom is 0.278 e. The second kappa shape index (κ2) is 5.38. The van der Waals surface area contributed by atoms with E-state index in [1.807, 2.05) is 0 Å². The van der Waals surface area contributed by atoms with Gasteiger partial charge < -0.3 is 0 Å². The first-order chi connectivity index (χ1) is 9.40. The molecule has 104 valence electrons. The zero-order valence-corrected chi connectivity index (χ0v) is 11.6. The molecular weight excluding hydrogens is 284 g/mol. The predicted molar refractivity (Wildman–Crippen MR) is 73.0 cm³/mol. The summed E-state index contributed by atoms with van der Waals surface area (Å²) in [6.07, 6.45) is 2.71. The van der Waals surface area contributed by atoms with Crippen LogP contribution in [-0.4, -0.2) is 19.5 Å². The summed E-state index contributed by atoms with van der Waals surface area (Å²) in [5.41, 5.74) is 1.06. The lowest BCUT2D eigenvalue weighted by atomic mass is 10.1. The van der Waals surface area contributed by atoms with Gasteiger partial charge in [-0.3, -0.25) is 24.5 Å². The van der Waals surface area contributed by atoms with Gasteiger partial charge in [0, 0.05) is 17.8 Å². The standard InChI is InChI=1S/C12H11ClN4O3/c1-7-4-14-9(8(2)12(7)17(19)20)5-16-6-15-10(13)3-11(16)18/h3-4,6H,5H2,1-2H3. The third-order valence-corrected chi connectivity index (χ3v) is 3.13. The van der Waals surface area contributed by atoms with Gasteiger partial charge in [-0.25, -0.2) is 4.98 Å². The molecule has 0 fully saturated rings. The summed E-state index contributed by atoms with van der Waals surface area (Å²) < 4.78 is 1.29. The van der Waals surface area contributed by atoms with Crippen molar-refractivity contribution in [3.63, 3.8) is 0 Å². The summed E-state index contributed by atoms with van der Waals surface area (Å²) in [5.74, 6) is 0. The highest BCUT2D eigenvalue weighted by Gasteiger charge is 2.19. The van der Waals surface area contributed by atoms with E-state index in [0.717, 1.165) is 0 Å². The number of hydrogen-bond acceptors (Lipinski definition) is 5. The van der Waals surface area contributed by atoms with Crippen LogP contribution >= 0.6 is 11.6 Å². The molecule has 0 N–H and O–H groups in total. The Labute approximate surface area is 119 Å². The maximum absolute atomic E-state index is 11.7. The lowest BCUT2D eigenvalue weighted by Gasteiger charge is -2.09. The summed E-state index contributed by atoms with van der Waals surface area (Å²) in [5, 5.41) is 11.1. The van der Waals surface area contributed by atoms with Crippen LogP contribution in [0.5, 0.6) is 0 Å². The van der Waals surface area contributed by atoms with E-state index < -0.39 is 4.92 Å². The van der Waals surface area contributed by atoms with Gasteiger partial charge in [0.25, 0.3) is 11.2 Å². The number of pyridine rings is 1. The fraction of sp³-hybridized carbons (Fsp3) is 0.250. The van der Waals surface area contributed by atoms with E-state index in [1.54, 1.807) is 13.8 Å². The predicted octanol–water partition coefficient (Wildman–Crippen LogP) is 1.87. The smallest absolute Gasteiger partial charge is 0.278 e. The number of nitrogens with zero attached hydrogens (tertiary/aromatic N) is 4. The summed E-state index contributed by atoms with van der Waals surface area (Å²) in [6.45, 7) is 3.34. The van der Waals surface area contributed by atoms with Gasteiger partial charge in [0.15, 0.2) is 0 Å². The first-order valence-corrected chi connectivity index (χ1v) is 6.09. The molecule has 8 heteroatoms. The zero-order valence-electron chi connectivity index (χ0n) is 10.8. The van der Waals surface area contributed by atoms with E-state index in [1.165, 1.54) is 23.2 Å². The molecule has 0 aromatic carbocycles. The van der Waals surface area contributed by atoms with Crippen LogP contribution in [-0.2, 0) is 6.54 Å². The minimum atomic E-state index is -0.446. The van der Waals surface area contributed by atoms with E-state index in [9.17, 15) is 14.9 Å². The average molecular weight is 295 g/mol. The van der Waals surface area contributed by atoms with Gasteiger partial charge in [-0.1, -0.05) is 11.6 Å². The highest BCUT2D eigenvalue weighted by atomic mass is 35.5. The van der Waals surface area contributed by atoms with Gasteiger partial charge in [0.2, 0.25) is 0 Å². The van der Waals surface area contributed by atoms with E-state index in [2.05, 4.69) is 9.97 Å². The molecule has 0 saturated heterocycles. The van der Waals surface area contributed by atoms with Crippen LogP contribution < -0.4 is 5.56 Å². The Bertz CT molecular complexity index is 742. The molecule has 0 spiro atoms. The lowest BCUT2D eigenvalue weighted by molar-refractivity contribution is -0.386. The normalized spacial score (nSPS) is 10.6. The van der Waals surface area contributed by atoms with Crippen molar-refractivity contribution < 1.29 is 4.92 Å². The van der Waals surface area contributed by atoms with Crippen molar-refractivity contribution in [3.8, 4) is 0 Å². The van der Waals surface area contributed by atoms with E-state index >= 15 is 0 Å². The van der Waals surface area contributed by atoms with Gasteiger partial charge in [0.05, 0.1) is 29.1 Å². The summed E-state index contributed by atoms with van der Waals surface area (Å²) in [4.78, 5) is 30.3. The molecule has 0 saturated carbocycles. The maximum atomic E-state index is 11.7. The Balaban J connectivity index is 2.47. The highest BCUT2D eigenvalue weighted by Crippen LogP contribution is 2.24. The molecular formula is C12H11ClN4O3. The molecule has 2 rings (SSSR count). The minimum Gasteiger partial charge on any atom is -0.293 e. The first-order valence-electron chi connectivity index (χ1n) is 5.71. The second-order valence-electron chi connectivity index (χ2n) is 4.30. The number of hydrogen-bond donors (Lipinski definition) is 0. The van der Waals surface area contributed by atoms with Crippen molar-refractivity contribution in [1.29, 1.82) is 0 Å². The van der Waals surface area contributed by atoms with Gasteiger partial charge in [-0.15, -0.1) is 0 Å². The van der Waals surface area contributed by atoms with Crippen LogP contribution in [0.25, 0.3) is 0 Å². The highest BCUT2D eigenvalue weighted by molar-refractivity contribution is 6.29. The van der Waals surface area contributed by atoms with Gasteiger partial charge >= 0.3 is 0 Å². The van der Waals surface area contributed by atoms with Crippen LogP contribution in [0.3, 0.4) is 0 Å². The molecule has 0 aliphatic carbocycles. The number of aromatic nitrogens is 3. The minimum absolute atomic E-state index is 0.0185. The molecule has 0 amide bonds. The summed E-state index contributed by atoms with van der Waals surface area (Å²) in [6, 6.07) is 1.18. The van der Waals surface area contributed by atoms with Crippen LogP contribution in [0.4, 0.5) is 5.69 Å². The fourth-order valence-electron chi connectivity index (χ4n) is 1.89. The molecule has 7 nitrogen and oxygen atoms in total. The zero-order chi connectivity index (χ0) is 14.9. The van der Waals surface area contributed by atoms with Crippen molar-refractivity contribution >= 4 is 17.3 Å². The SMILES string of the molecule is Cc1cnc(Cn2cnc(Cl)cc2=O)c(C)c1[N+](=O)[O-]. The number of rotatable bonds is 3. The molecule has 0 unspecified atom stereocenters. The van der Waals surface area contributed by atoms with Crippen LogP contribution in [0.1, 0.15) is 16.8 Å². The topological polar surface area (TPSA) is 90.9 Å². The Morgan fingerprint density at radius 2 is 2.10 bits per heavy atom. The Morgan fingerprint density at radius 3 is 2.70 bits per heavy atom. The number of aryl methyl sites for hydroxylation is 1. The number of halogens is 1. The van der Waals surface area contributed by atoms with Crippen LogP contribution in [0, 0.1) is 24.0 Å². The molecule has 2 aromatic rings.